The van der Waals surface area contributed by atoms with Gasteiger partial charge in [0.05, 0.1) is 23.5 Å². The Morgan fingerprint density at radius 3 is 2.15 bits per heavy atom. The highest BCUT2D eigenvalue weighted by molar-refractivity contribution is 7.86. The van der Waals surface area contributed by atoms with Gasteiger partial charge in [-0.25, -0.2) is 0 Å². The van der Waals surface area contributed by atoms with Gasteiger partial charge in [0.2, 0.25) is 5.69 Å². The van der Waals surface area contributed by atoms with Gasteiger partial charge in [0.15, 0.2) is 5.71 Å². The molecule has 12 nitrogen and oxygen atoms in total. The second kappa shape index (κ2) is 22.4. The van der Waals surface area contributed by atoms with Crippen LogP contribution in [0.4, 0.5) is 17.1 Å². The molecule has 1 aliphatic carbocycles. The Labute approximate surface area is 399 Å². The number of benzene rings is 3. The summed E-state index contributed by atoms with van der Waals surface area (Å²) < 4.78 is 79.4. The Balaban J connectivity index is 1.35. The zero-order valence-electron chi connectivity index (χ0n) is 40.2. The van der Waals surface area contributed by atoms with Crippen molar-refractivity contribution in [2.75, 3.05) is 54.6 Å². The van der Waals surface area contributed by atoms with Crippen molar-refractivity contribution in [1.29, 1.82) is 0 Å². The molecule has 3 aliphatic rings. The van der Waals surface area contributed by atoms with Crippen molar-refractivity contribution in [1.82, 2.24) is 0 Å². The van der Waals surface area contributed by atoms with E-state index < -0.39 is 20.2 Å². The Morgan fingerprint density at radius 2 is 1.45 bits per heavy atom. The largest absolute Gasteiger partial charge is 0.466 e. The van der Waals surface area contributed by atoms with Gasteiger partial charge in [0.1, 0.15) is 18.1 Å². The predicted molar refractivity (Wildman–Crippen MR) is 269 cm³/mol. The molecule has 0 saturated heterocycles. The zero-order valence-corrected chi connectivity index (χ0v) is 41.8. The van der Waals surface area contributed by atoms with Crippen LogP contribution in [0.1, 0.15) is 116 Å². The fourth-order valence-electron chi connectivity index (χ4n) is 9.63. The molecule has 2 heterocycles. The molecule has 0 bridgehead atoms. The molecule has 362 valence electrons. The number of ether oxygens (including phenoxy) is 2. The quantitative estimate of drug-likeness (QED) is 0.0404. The van der Waals surface area contributed by atoms with Crippen LogP contribution >= 0.6 is 0 Å². The van der Waals surface area contributed by atoms with E-state index in [-0.39, 0.29) is 28.3 Å². The van der Waals surface area contributed by atoms with E-state index in [1.165, 1.54) is 11.1 Å². The summed E-state index contributed by atoms with van der Waals surface area (Å²) in [4.78, 5) is 16.3. The van der Waals surface area contributed by atoms with E-state index in [9.17, 15) is 30.7 Å². The molecule has 3 aromatic carbocycles. The maximum atomic E-state index is 11.8. The lowest BCUT2D eigenvalue weighted by Gasteiger charge is -2.27. The number of para-hydroxylation sites is 2. The summed E-state index contributed by atoms with van der Waals surface area (Å²) in [6.07, 6.45) is 16.2. The first-order valence-electron chi connectivity index (χ1n) is 23.8. The number of allylic oxidation sites excluding steroid dienone is 7. The molecule has 0 aromatic heterocycles. The van der Waals surface area contributed by atoms with Gasteiger partial charge in [0, 0.05) is 73.2 Å². The highest BCUT2D eigenvalue weighted by atomic mass is 32.2. The van der Waals surface area contributed by atoms with Crippen molar-refractivity contribution >= 4 is 49.0 Å². The minimum absolute atomic E-state index is 0.144. The summed E-state index contributed by atoms with van der Waals surface area (Å²) >= 11 is 0. The number of carbonyl (C=O) groups is 1. The van der Waals surface area contributed by atoms with Crippen molar-refractivity contribution in [2.45, 2.75) is 116 Å². The van der Waals surface area contributed by atoms with E-state index in [0.29, 0.717) is 57.6 Å². The third kappa shape index (κ3) is 13.4. The summed E-state index contributed by atoms with van der Waals surface area (Å²) in [6, 6.07) is 24.8. The number of anilines is 2. The SMILES string of the molecule is CCOC(=O)CCCCCN(C)c1ccc(OC2=C(C=CC3=[N+](CCCCS(=O)(=O)O)c4ccccc4C3(C)C)CCCC2=CC=C2N(CCCCS(=O)(=O)O)c3ccccc3C2(C)C)cc1. The third-order valence-electron chi connectivity index (χ3n) is 13.2. The number of hydrogen-bond acceptors (Lipinski definition) is 9. The number of nitrogens with zero attached hydrogens (tertiary/aromatic N) is 3. The van der Waals surface area contributed by atoms with Gasteiger partial charge >= 0.3 is 5.97 Å². The molecule has 0 spiro atoms. The molecule has 0 radical (unpaired) electrons. The smallest absolute Gasteiger partial charge is 0.305 e. The van der Waals surface area contributed by atoms with E-state index >= 15 is 0 Å². The van der Waals surface area contributed by atoms with E-state index in [1.807, 2.05) is 43.3 Å². The van der Waals surface area contributed by atoms with Crippen LogP contribution in [-0.2, 0) is 40.6 Å². The van der Waals surface area contributed by atoms with Crippen molar-refractivity contribution in [3.05, 3.63) is 131 Å². The number of unbranched alkanes of at least 4 members (excludes halogenated alkanes) is 4. The van der Waals surface area contributed by atoms with Gasteiger partial charge in [-0.15, -0.1) is 0 Å². The van der Waals surface area contributed by atoms with Gasteiger partial charge < -0.3 is 19.3 Å². The van der Waals surface area contributed by atoms with Gasteiger partial charge in [0.25, 0.3) is 20.2 Å². The molecule has 0 atom stereocenters. The third-order valence-corrected chi connectivity index (χ3v) is 14.8. The van der Waals surface area contributed by atoms with E-state index in [4.69, 9.17) is 9.47 Å². The highest BCUT2D eigenvalue weighted by Crippen LogP contribution is 2.48. The van der Waals surface area contributed by atoms with Gasteiger partial charge in [-0.1, -0.05) is 62.7 Å². The first-order valence-corrected chi connectivity index (χ1v) is 27.0. The average Bonchev–Trinajstić information content (AvgIpc) is 3.63. The van der Waals surface area contributed by atoms with Crippen LogP contribution in [0.5, 0.6) is 5.75 Å². The molecule has 14 heteroatoms. The molecule has 0 amide bonds. The maximum Gasteiger partial charge on any atom is 0.305 e. The van der Waals surface area contributed by atoms with E-state index in [2.05, 4.69) is 110 Å². The fraction of sp³-hybridized carbons (Fsp3) is 0.472. The molecule has 2 N–H and O–H groups in total. The van der Waals surface area contributed by atoms with Crippen LogP contribution < -0.4 is 14.5 Å². The molecule has 0 saturated carbocycles. The summed E-state index contributed by atoms with van der Waals surface area (Å²) in [5.41, 5.74) is 9.23. The Bertz CT molecular complexity index is 2630. The molecule has 6 rings (SSSR count). The minimum atomic E-state index is -4.05. The minimum Gasteiger partial charge on any atom is -0.466 e. The zero-order chi connectivity index (χ0) is 48.4. The lowest BCUT2D eigenvalue weighted by molar-refractivity contribution is -0.438. The van der Waals surface area contributed by atoms with E-state index in [1.54, 1.807) is 0 Å². The van der Waals surface area contributed by atoms with Crippen molar-refractivity contribution in [3.8, 4) is 5.75 Å². The maximum absolute atomic E-state index is 11.8. The van der Waals surface area contributed by atoms with Crippen LogP contribution in [-0.4, -0.2) is 87.0 Å². The Kier molecular flexibility index (Phi) is 17.2. The lowest BCUT2D eigenvalue weighted by Crippen LogP contribution is -2.28. The second-order valence-corrected chi connectivity index (χ2v) is 22.0. The average molecular weight is 957 g/mol. The topological polar surface area (TPSA) is 154 Å². The number of rotatable bonds is 23. The van der Waals surface area contributed by atoms with Crippen LogP contribution in [0.2, 0.25) is 0 Å². The standard InChI is InChI=1S/C53H69N3O9S2/c1-7-64-50(57)26-9-8-14-35-54(6)42-29-31-43(32-30-42)65-51-40(27-33-48-52(2,3)44-22-10-12-24-46(44)55(48)36-15-17-38-66(58,59)60)20-19-21-41(51)28-34-49-53(4,5)45-23-11-13-25-47(45)56(49)37-16-18-39-67(61,62)63/h10-13,22-25,27-34H,7-9,14-21,26,35-39H2,1-6H3,(H-,58,59,60,61,62,63)/p+1. The molecular formula is C53H70N3O9S2+. The van der Waals surface area contributed by atoms with Gasteiger partial charge in [-0.05, 0) is 131 Å². The van der Waals surface area contributed by atoms with Crippen molar-refractivity contribution < 1.29 is 44.8 Å². The van der Waals surface area contributed by atoms with Crippen LogP contribution in [0.3, 0.4) is 0 Å². The van der Waals surface area contributed by atoms with Crippen LogP contribution in [0.15, 0.2) is 120 Å². The number of hydrogen-bond donors (Lipinski definition) is 2. The number of fused-ring (bicyclic) bond motifs is 2. The van der Waals surface area contributed by atoms with Crippen LogP contribution in [0, 0.1) is 0 Å². The molecule has 67 heavy (non-hydrogen) atoms. The Morgan fingerprint density at radius 1 is 0.776 bits per heavy atom. The number of esters is 1. The normalized spacial score (nSPS) is 18.0. The second-order valence-electron chi connectivity index (χ2n) is 18.9. The Hall–Kier alpha value is -5.02. The summed E-state index contributed by atoms with van der Waals surface area (Å²) in [7, 11) is -6.04. The summed E-state index contributed by atoms with van der Waals surface area (Å²) in [6.45, 7) is 13.1. The van der Waals surface area contributed by atoms with Gasteiger partial charge in [-0.2, -0.15) is 21.4 Å². The van der Waals surface area contributed by atoms with E-state index in [0.717, 1.165) is 90.4 Å². The molecule has 0 unspecified atom stereocenters. The first kappa shape index (κ1) is 51.4. The fourth-order valence-corrected chi connectivity index (χ4v) is 10.8. The van der Waals surface area contributed by atoms with Crippen molar-refractivity contribution in [3.63, 3.8) is 0 Å². The van der Waals surface area contributed by atoms with Gasteiger partial charge in [-0.3, -0.25) is 13.9 Å². The number of carbonyl (C=O) groups excluding carboxylic acids is 1. The summed E-state index contributed by atoms with van der Waals surface area (Å²) in [5.74, 6) is 0.809. The lowest BCUT2D eigenvalue weighted by atomic mass is 9.81. The molecule has 3 aromatic rings. The molecule has 0 fully saturated rings. The highest BCUT2D eigenvalue weighted by Gasteiger charge is 2.44. The monoisotopic (exact) mass is 956 g/mol. The summed E-state index contributed by atoms with van der Waals surface area (Å²) in [5, 5.41) is 0. The van der Waals surface area contributed by atoms with Crippen molar-refractivity contribution in [2.24, 2.45) is 0 Å². The predicted octanol–water partition coefficient (Wildman–Crippen LogP) is 10.6. The first-order chi connectivity index (χ1) is 31.8. The molecule has 2 aliphatic heterocycles. The van der Waals surface area contributed by atoms with Crippen LogP contribution in [0.25, 0.3) is 0 Å². The molecular weight excluding hydrogens is 887 g/mol.